The first-order valence-electron chi connectivity index (χ1n) is 4.78. The highest BCUT2D eigenvalue weighted by molar-refractivity contribution is 5.78. The van der Waals surface area contributed by atoms with Crippen LogP contribution in [0.25, 0.3) is 0 Å². The maximum absolute atomic E-state index is 7.77. The molecule has 1 fully saturated rings. The van der Waals surface area contributed by atoms with Crippen molar-refractivity contribution < 1.29 is 0 Å². The molecular formula is C9H15N5. The molecule has 0 radical (unpaired) electrons. The highest BCUT2D eigenvalue weighted by atomic mass is 15.4. The van der Waals surface area contributed by atoms with E-state index in [1.165, 1.54) is 0 Å². The Bertz CT molecular complexity index is 305. The first-order chi connectivity index (χ1) is 6.77. The first-order valence-corrected chi connectivity index (χ1v) is 4.78. The molecule has 0 spiro atoms. The van der Waals surface area contributed by atoms with Gasteiger partial charge in [0, 0.05) is 45.6 Å². The lowest BCUT2D eigenvalue weighted by Gasteiger charge is -2.18. The molecule has 0 atom stereocenters. The van der Waals surface area contributed by atoms with E-state index in [-0.39, 0.29) is 0 Å². The van der Waals surface area contributed by atoms with E-state index in [1.807, 2.05) is 29.0 Å². The monoisotopic (exact) mass is 193 g/mol. The van der Waals surface area contributed by atoms with Gasteiger partial charge in [-0.05, 0) is 0 Å². The Labute approximate surface area is 83.5 Å². The number of hydrogen-bond donors (Lipinski definition) is 1. The van der Waals surface area contributed by atoms with Gasteiger partial charge in [0.1, 0.15) is 0 Å². The second-order valence-corrected chi connectivity index (χ2v) is 3.53. The summed E-state index contributed by atoms with van der Waals surface area (Å²) in [7, 11) is 1.96. The smallest absolute Gasteiger partial charge is 0.193 e. The molecule has 1 N–H and O–H groups in total. The molecular weight excluding hydrogens is 178 g/mol. The zero-order valence-electron chi connectivity index (χ0n) is 8.35. The van der Waals surface area contributed by atoms with E-state index in [0.29, 0.717) is 5.96 Å². The number of imidazole rings is 1. The van der Waals surface area contributed by atoms with Gasteiger partial charge in [-0.3, -0.25) is 5.41 Å². The number of rotatable bonds is 3. The van der Waals surface area contributed by atoms with Crippen LogP contribution in [0.2, 0.25) is 0 Å². The summed E-state index contributed by atoms with van der Waals surface area (Å²) >= 11 is 0. The van der Waals surface area contributed by atoms with Crippen molar-refractivity contribution in [2.75, 3.05) is 26.7 Å². The van der Waals surface area contributed by atoms with Crippen molar-refractivity contribution in [3.05, 3.63) is 18.7 Å². The molecule has 2 rings (SSSR count). The Hall–Kier alpha value is -1.52. The lowest BCUT2D eigenvalue weighted by atomic mass is 10.5. The number of hydrogen-bond acceptors (Lipinski definition) is 2. The minimum Gasteiger partial charge on any atom is -0.344 e. The molecule has 5 heteroatoms. The topological polar surface area (TPSA) is 48.2 Å². The summed E-state index contributed by atoms with van der Waals surface area (Å²) in [6.07, 6.45) is 5.54. The summed E-state index contributed by atoms with van der Waals surface area (Å²) in [5, 5.41) is 7.77. The normalized spacial score (nSPS) is 16.8. The van der Waals surface area contributed by atoms with Crippen LogP contribution in [0.1, 0.15) is 0 Å². The molecule has 76 valence electrons. The third-order valence-corrected chi connectivity index (χ3v) is 2.55. The van der Waals surface area contributed by atoms with Gasteiger partial charge in [-0.2, -0.15) is 0 Å². The SMILES string of the molecule is CN1CCN(CCn2ccnc2)C1=N. The van der Waals surface area contributed by atoms with Crippen LogP contribution < -0.4 is 0 Å². The summed E-state index contributed by atoms with van der Waals surface area (Å²) < 4.78 is 2.03. The second kappa shape index (κ2) is 3.69. The van der Waals surface area contributed by atoms with Gasteiger partial charge in [-0.1, -0.05) is 0 Å². The van der Waals surface area contributed by atoms with Gasteiger partial charge in [-0.25, -0.2) is 4.98 Å². The van der Waals surface area contributed by atoms with E-state index >= 15 is 0 Å². The van der Waals surface area contributed by atoms with E-state index in [4.69, 9.17) is 5.41 Å². The maximum atomic E-state index is 7.77. The lowest BCUT2D eigenvalue weighted by molar-refractivity contribution is 0.427. The average Bonchev–Trinajstić information content (AvgIpc) is 2.77. The molecule has 0 amide bonds. The fraction of sp³-hybridized carbons (Fsp3) is 0.556. The van der Waals surface area contributed by atoms with Gasteiger partial charge < -0.3 is 14.4 Å². The Morgan fingerprint density at radius 2 is 2.29 bits per heavy atom. The Morgan fingerprint density at radius 3 is 2.86 bits per heavy atom. The van der Waals surface area contributed by atoms with Crippen molar-refractivity contribution in [1.82, 2.24) is 19.4 Å². The average molecular weight is 193 g/mol. The van der Waals surface area contributed by atoms with E-state index < -0.39 is 0 Å². The molecule has 1 aromatic rings. The molecule has 2 heterocycles. The highest BCUT2D eigenvalue weighted by Gasteiger charge is 2.20. The van der Waals surface area contributed by atoms with Gasteiger partial charge in [0.15, 0.2) is 5.96 Å². The number of likely N-dealkylation sites (N-methyl/N-ethyl adjacent to an activating group) is 1. The minimum atomic E-state index is 0.630. The van der Waals surface area contributed by atoms with Crippen molar-refractivity contribution >= 4 is 5.96 Å². The lowest BCUT2D eigenvalue weighted by Crippen LogP contribution is -2.32. The Morgan fingerprint density at radius 1 is 1.43 bits per heavy atom. The summed E-state index contributed by atoms with van der Waals surface area (Å²) in [5.74, 6) is 0.630. The van der Waals surface area contributed by atoms with Crippen molar-refractivity contribution in [2.45, 2.75) is 6.54 Å². The maximum Gasteiger partial charge on any atom is 0.193 e. The molecule has 0 saturated carbocycles. The van der Waals surface area contributed by atoms with E-state index in [9.17, 15) is 0 Å². The minimum absolute atomic E-state index is 0.630. The number of nitrogens with one attached hydrogen (secondary N) is 1. The van der Waals surface area contributed by atoms with Crippen LogP contribution in [0.3, 0.4) is 0 Å². The Balaban J connectivity index is 1.84. The van der Waals surface area contributed by atoms with Crippen molar-refractivity contribution in [3.8, 4) is 0 Å². The molecule has 1 aromatic heterocycles. The summed E-state index contributed by atoms with van der Waals surface area (Å²) in [5.41, 5.74) is 0. The second-order valence-electron chi connectivity index (χ2n) is 3.53. The zero-order chi connectivity index (χ0) is 9.97. The fourth-order valence-corrected chi connectivity index (χ4v) is 1.60. The number of nitrogens with zero attached hydrogens (tertiary/aromatic N) is 4. The molecule has 14 heavy (non-hydrogen) atoms. The zero-order valence-corrected chi connectivity index (χ0v) is 8.35. The molecule has 1 saturated heterocycles. The predicted octanol–water partition coefficient (Wildman–Crippen LogP) is 0.0653. The number of guanidine groups is 1. The quantitative estimate of drug-likeness (QED) is 0.738. The van der Waals surface area contributed by atoms with Crippen molar-refractivity contribution in [1.29, 1.82) is 5.41 Å². The fourth-order valence-electron chi connectivity index (χ4n) is 1.60. The van der Waals surface area contributed by atoms with Crippen LogP contribution >= 0.6 is 0 Å². The molecule has 1 aliphatic heterocycles. The van der Waals surface area contributed by atoms with E-state index in [2.05, 4.69) is 9.88 Å². The van der Waals surface area contributed by atoms with Gasteiger partial charge >= 0.3 is 0 Å². The van der Waals surface area contributed by atoms with E-state index in [1.54, 1.807) is 6.20 Å². The molecule has 0 aliphatic carbocycles. The van der Waals surface area contributed by atoms with Crippen LogP contribution in [0.4, 0.5) is 0 Å². The van der Waals surface area contributed by atoms with Crippen LogP contribution in [0, 0.1) is 5.41 Å². The Kier molecular flexibility index (Phi) is 2.39. The molecule has 5 nitrogen and oxygen atoms in total. The highest BCUT2D eigenvalue weighted by Crippen LogP contribution is 2.04. The molecule has 0 aromatic carbocycles. The van der Waals surface area contributed by atoms with Crippen LogP contribution in [-0.2, 0) is 6.54 Å². The van der Waals surface area contributed by atoms with Gasteiger partial charge in [-0.15, -0.1) is 0 Å². The van der Waals surface area contributed by atoms with Crippen LogP contribution in [0.15, 0.2) is 18.7 Å². The molecule has 1 aliphatic rings. The summed E-state index contributed by atoms with van der Waals surface area (Å²) in [6.45, 7) is 3.71. The van der Waals surface area contributed by atoms with Gasteiger partial charge in [0.05, 0.1) is 6.33 Å². The van der Waals surface area contributed by atoms with Crippen LogP contribution in [-0.4, -0.2) is 52.0 Å². The first kappa shape index (κ1) is 9.05. The standard InChI is InChI=1S/C9H15N5/c1-12-4-6-14(9(12)10)7-5-13-3-2-11-8-13/h2-3,8,10H,4-7H2,1H3. The third kappa shape index (κ3) is 1.71. The van der Waals surface area contributed by atoms with Crippen molar-refractivity contribution in [2.24, 2.45) is 0 Å². The molecule has 0 unspecified atom stereocenters. The van der Waals surface area contributed by atoms with E-state index in [0.717, 1.165) is 26.2 Å². The molecule has 0 bridgehead atoms. The third-order valence-electron chi connectivity index (χ3n) is 2.55. The van der Waals surface area contributed by atoms with Crippen LogP contribution in [0.5, 0.6) is 0 Å². The van der Waals surface area contributed by atoms with Gasteiger partial charge in [0.25, 0.3) is 0 Å². The summed E-state index contributed by atoms with van der Waals surface area (Å²) in [4.78, 5) is 8.03. The van der Waals surface area contributed by atoms with Crippen molar-refractivity contribution in [3.63, 3.8) is 0 Å². The summed E-state index contributed by atoms with van der Waals surface area (Å²) in [6, 6.07) is 0. The largest absolute Gasteiger partial charge is 0.344 e. The predicted molar refractivity (Wildman–Crippen MR) is 54.2 cm³/mol. The number of aromatic nitrogens is 2. The van der Waals surface area contributed by atoms with Gasteiger partial charge in [0.2, 0.25) is 0 Å².